The number of anilines is 2. The highest BCUT2D eigenvalue weighted by Gasteiger charge is 2.35. The van der Waals surface area contributed by atoms with Crippen LogP contribution in [0.5, 0.6) is 0 Å². The van der Waals surface area contributed by atoms with Crippen molar-refractivity contribution in [2.24, 2.45) is 5.73 Å². The summed E-state index contributed by atoms with van der Waals surface area (Å²) >= 11 is 25.1. The Bertz CT molecular complexity index is 2730. The third-order valence-corrected chi connectivity index (χ3v) is 11.6. The molecule has 13 nitrogen and oxygen atoms in total. The molecule has 2 aliphatic rings. The Morgan fingerprint density at radius 1 is 0.656 bits per heavy atom. The number of benzene rings is 4. The van der Waals surface area contributed by atoms with Crippen LogP contribution in [0.1, 0.15) is 0 Å². The number of carbonyl (C=O) groups excluding carboxylic acids is 3. The normalized spacial score (nSPS) is 16.4. The Morgan fingerprint density at radius 2 is 1.10 bits per heavy atom. The molecular weight excluding hydrogens is 858 g/mol. The molecule has 4 heterocycles. The van der Waals surface area contributed by atoms with Gasteiger partial charge in [-0.05, 0) is 71.8 Å². The number of nitrogens with two attached hydrogens (primary N) is 1. The van der Waals surface area contributed by atoms with E-state index in [1.807, 2.05) is 64.4 Å². The summed E-state index contributed by atoms with van der Waals surface area (Å²) in [6.07, 6.45) is 5.36. The number of nitriles is 1. The average Bonchev–Trinajstić information content (AvgIpc) is 3.28. The van der Waals surface area contributed by atoms with E-state index >= 15 is 0 Å². The summed E-state index contributed by atoms with van der Waals surface area (Å²) in [7, 11) is 0. The van der Waals surface area contributed by atoms with Crippen LogP contribution < -0.4 is 15.5 Å². The van der Waals surface area contributed by atoms with Crippen LogP contribution in [0, 0.1) is 11.3 Å². The van der Waals surface area contributed by atoms with Crippen LogP contribution in [0.2, 0.25) is 20.1 Å². The summed E-state index contributed by atoms with van der Waals surface area (Å²) in [5, 5.41) is 13.6. The minimum atomic E-state index is -0.785. The largest absolute Gasteiger partial charge is 0.368 e. The molecule has 2 fully saturated rings. The number of amides is 3. The third-order valence-electron chi connectivity index (χ3n) is 10.5. The highest BCUT2D eigenvalue weighted by Crippen LogP contribution is 2.37. The van der Waals surface area contributed by atoms with Gasteiger partial charge in [-0.25, -0.2) is 19.9 Å². The number of nitrogens with zero attached hydrogens (tertiary/aromatic N) is 9. The maximum absolute atomic E-state index is 12.1. The van der Waals surface area contributed by atoms with Gasteiger partial charge in [0.15, 0.2) is 0 Å². The van der Waals surface area contributed by atoms with Crippen molar-refractivity contribution in [2.75, 3.05) is 49.1 Å². The van der Waals surface area contributed by atoms with Crippen molar-refractivity contribution in [3.63, 3.8) is 0 Å². The molecule has 0 spiro atoms. The fourth-order valence-corrected chi connectivity index (χ4v) is 8.19. The first kappa shape index (κ1) is 42.8. The first-order valence-corrected chi connectivity index (χ1v) is 20.4. The molecule has 0 bridgehead atoms. The summed E-state index contributed by atoms with van der Waals surface area (Å²) in [6.45, 7) is 9.35. The number of piperazine rings is 2. The Kier molecular flexibility index (Phi) is 13.0. The van der Waals surface area contributed by atoms with Crippen LogP contribution in [-0.2, 0) is 14.4 Å². The van der Waals surface area contributed by atoms with Crippen molar-refractivity contribution in [3.8, 4) is 28.3 Å². The van der Waals surface area contributed by atoms with E-state index in [0.29, 0.717) is 75.5 Å². The highest BCUT2D eigenvalue weighted by molar-refractivity contribution is 6.35. The van der Waals surface area contributed by atoms with Crippen molar-refractivity contribution in [3.05, 3.63) is 131 Å². The van der Waals surface area contributed by atoms with Crippen molar-refractivity contribution >= 4 is 97.6 Å². The molecule has 308 valence electrons. The standard InChI is InChI=1S/C22H19Cl2N5O2.C22H17Cl2N5O/c1-2-20(30)29-8-7-28(11-19(29)21(25)31)22-16-9-15(13-3-5-14(23)6-4-13)17(24)10-18(16)26-12-27-22;1-2-21(30)29-8-7-28(12-16(29)11-25)22-18-9-17(14-3-5-15(23)6-4-14)19(24)10-20(18)26-13-27-22/h2-6,9-10,12,19H,1,7-8,11H2,(H2,25,31);2-6,9-10,13,16H,1,7-8,12H2/t19-;16-/m01/s1. The Labute approximate surface area is 371 Å². The number of halogens is 4. The lowest BCUT2D eigenvalue weighted by atomic mass is 10.0. The topological polar surface area (TPSA) is 166 Å². The molecule has 61 heavy (non-hydrogen) atoms. The van der Waals surface area contributed by atoms with Gasteiger partial charge in [0.1, 0.15) is 36.4 Å². The van der Waals surface area contributed by atoms with Crippen LogP contribution in [0.3, 0.4) is 0 Å². The lowest BCUT2D eigenvalue weighted by Gasteiger charge is -2.40. The first-order valence-electron chi connectivity index (χ1n) is 18.9. The minimum Gasteiger partial charge on any atom is -0.368 e. The molecule has 2 atom stereocenters. The van der Waals surface area contributed by atoms with Crippen LogP contribution in [0.15, 0.2) is 111 Å². The van der Waals surface area contributed by atoms with E-state index in [-0.39, 0.29) is 18.4 Å². The van der Waals surface area contributed by atoms with Gasteiger partial charge in [-0.3, -0.25) is 14.4 Å². The zero-order valence-corrected chi connectivity index (χ0v) is 35.4. The SMILES string of the molecule is C=CC(=O)N1CCN(c2ncnc3cc(Cl)c(-c4ccc(Cl)cc4)cc23)C[C@H]1C#N.C=CC(=O)N1CCN(c2ncnc3cc(Cl)c(-c4ccc(Cl)cc4)cc23)C[C@H]1C(N)=O. The van der Waals surface area contributed by atoms with E-state index in [1.54, 1.807) is 18.2 Å². The van der Waals surface area contributed by atoms with Crippen molar-refractivity contribution in [1.82, 2.24) is 29.7 Å². The van der Waals surface area contributed by atoms with Gasteiger partial charge in [0, 0.05) is 64.7 Å². The molecule has 0 radical (unpaired) electrons. The smallest absolute Gasteiger partial charge is 0.247 e. The first-order chi connectivity index (χ1) is 29.4. The fourth-order valence-electron chi connectivity index (χ4n) is 7.40. The third kappa shape index (κ3) is 9.08. The van der Waals surface area contributed by atoms with E-state index in [0.717, 1.165) is 33.0 Å². The summed E-state index contributed by atoms with van der Waals surface area (Å²) in [4.78, 5) is 60.8. The summed E-state index contributed by atoms with van der Waals surface area (Å²) in [6, 6.07) is 23.1. The zero-order valence-electron chi connectivity index (χ0n) is 32.4. The molecule has 2 aromatic heterocycles. The van der Waals surface area contributed by atoms with Gasteiger partial charge >= 0.3 is 0 Å². The monoisotopic (exact) mass is 892 g/mol. The molecule has 0 aliphatic carbocycles. The summed E-state index contributed by atoms with van der Waals surface area (Å²) in [5.41, 5.74) is 10.5. The molecular formula is C44H36Cl4N10O3. The molecule has 4 aromatic carbocycles. The number of fused-ring (bicyclic) bond motifs is 2. The number of carbonyl (C=O) groups is 3. The quantitative estimate of drug-likeness (QED) is 0.158. The lowest BCUT2D eigenvalue weighted by Crippen LogP contribution is -2.59. The fraction of sp³-hybridized carbons (Fsp3) is 0.182. The second-order valence-corrected chi connectivity index (χ2v) is 15.7. The van der Waals surface area contributed by atoms with Gasteiger partial charge in [0.25, 0.3) is 0 Å². The van der Waals surface area contributed by atoms with Gasteiger partial charge in [-0.2, -0.15) is 5.26 Å². The molecule has 2 aliphatic heterocycles. The minimum absolute atomic E-state index is 0.222. The van der Waals surface area contributed by atoms with Crippen LogP contribution in [0.4, 0.5) is 11.6 Å². The second kappa shape index (κ2) is 18.5. The van der Waals surface area contributed by atoms with Gasteiger partial charge < -0.3 is 25.3 Å². The van der Waals surface area contributed by atoms with Crippen LogP contribution in [-0.4, -0.2) is 98.8 Å². The molecule has 2 N–H and O–H groups in total. The van der Waals surface area contributed by atoms with Crippen molar-refractivity contribution in [1.29, 1.82) is 5.26 Å². The summed E-state index contributed by atoms with van der Waals surface area (Å²) in [5.74, 6) is 0.202. The predicted molar refractivity (Wildman–Crippen MR) is 241 cm³/mol. The van der Waals surface area contributed by atoms with Gasteiger partial charge in [-0.1, -0.05) is 83.8 Å². The Hall–Kier alpha value is -6.30. The number of rotatable bonds is 7. The van der Waals surface area contributed by atoms with Crippen LogP contribution in [0.25, 0.3) is 44.1 Å². The molecule has 6 aromatic rings. The maximum atomic E-state index is 12.1. The van der Waals surface area contributed by atoms with E-state index in [9.17, 15) is 19.6 Å². The maximum Gasteiger partial charge on any atom is 0.247 e. The molecule has 2 saturated heterocycles. The Morgan fingerprint density at radius 3 is 1.54 bits per heavy atom. The van der Waals surface area contributed by atoms with Crippen molar-refractivity contribution in [2.45, 2.75) is 12.1 Å². The molecule has 3 amide bonds. The zero-order chi connectivity index (χ0) is 43.4. The van der Waals surface area contributed by atoms with E-state index in [1.165, 1.54) is 34.6 Å². The van der Waals surface area contributed by atoms with E-state index in [2.05, 4.69) is 39.2 Å². The van der Waals surface area contributed by atoms with Crippen molar-refractivity contribution < 1.29 is 14.4 Å². The number of hydrogen-bond acceptors (Lipinski definition) is 10. The predicted octanol–water partition coefficient (Wildman–Crippen LogP) is 7.62. The summed E-state index contributed by atoms with van der Waals surface area (Å²) < 4.78 is 0. The van der Waals surface area contributed by atoms with E-state index < -0.39 is 18.0 Å². The molecule has 8 rings (SSSR count). The molecule has 0 saturated carbocycles. The number of aromatic nitrogens is 4. The number of hydrogen-bond donors (Lipinski definition) is 1. The van der Waals surface area contributed by atoms with E-state index in [4.69, 9.17) is 52.1 Å². The van der Waals surface area contributed by atoms with Gasteiger partial charge in [-0.15, -0.1) is 0 Å². The Balaban J connectivity index is 0.000000184. The molecule has 0 unspecified atom stereocenters. The lowest BCUT2D eigenvalue weighted by molar-refractivity contribution is -0.136. The number of primary amides is 1. The molecule has 17 heteroatoms. The second-order valence-electron chi connectivity index (χ2n) is 14.0. The highest BCUT2D eigenvalue weighted by atomic mass is 35.5. The van der Waals surface area contributed by atoms with Gasteiger partial charge in [0.2, 0.25) is 17.7 Å². The van der Waals surface area contributed by atoms with Crippen LogP contribution >= 0.6 is 46.4 Å². The average molecular weight is 895 g/mol. The van der Waals surface area contributed by atoms with Gasteiger partial charge in [0.05, 0.1) is 33.7 Å².